The van der Waals surface area contributed by atoms with Crippen molar-refractivity contribution in [3.05, 3.63) is 89.0 Å². The van der Waals surface area contributed by atoms with Crippen LogP contribution in [0, 0.1) is 0 Å². The van der Waals surface area contributed by atoms with E-state index in [0.717, 1.165) is 0 Å². The van der Waals surface area contributed by atoms with E-state index in [0.29, 0.717) is 29.0 Å². The topological polar surface area (TPSA) is 123 Å². The number of methoxy groups -OCH3 is 2. The summed E-state index contributed by atoms with van der Waals surface area (Å²) in [4.78, 5) is 40.3. The van der Waals surface area contributed by atoms with Crippen LogP contribution in [0.15, 0.2) is 72.3 Å². The number of hydrogen-bond acceptors (Lipinski definition) is 8. The van der Waals surface area contributed by atoms with Crippen molar-refractivity contribution in [3.8, 4) is 17.2 Å². The highest BCUT2D eigenvalue weighted by Gasteiger charge is 2.47. The maximum Gasteiger partial charge on any atom is 0.338 e. The Morgan fingerprint density at radius 3 is 2.24 bits per heavy atom. The van der Waals surface area contributed by atoms with E-state index in [1.54, 1.807) is 24.3 Å². The third kappa shape index (κ3) is 4.90. The van der Waals surface area contributed by atoms with Gasteiger partial charge in [-0.3, -0.25) is 14.5 Å². The third-order valence-electron chi connectivity index (χ3n) is 6.13. The standard InChI is InChI=1S/C29H27NO8/c1-4-15-38-29(35)18-5-9-19(10-6-18)30-25(17-7-11-20(31)12-8-17)24(27(33)28(30)34)26(32)22-16-21(36-2)13-14-23(22)37-3/h5-14,16,25,31-32H,4,15H2,1-3H3/b26-24+. The third-order valence-corrected chi connectivity index (χ3v) is 6.13. The molecule has 0 radical (unpaired) electrons. The van der Waals surface area contributed by atoms with Gasteiger partial charge in [-0.2, -0.15) is 0 Å². The van der Waals surface area contributed by atoms with Crippen LogP contribution in [0.3, 0.4) is 0 Å². The molecule has 1 aliphatic heterocycles. The van der Waals surface area contributed by atoms with Gasteiger partial charge in [-0.1, -0.05) is 19.1 Å². The Labute approximate surface area is 219 Å². The lowest BCUT2D eigenvalue weighted by atomic mass is 9.94. The lowest BCUT2D eigenvalue weighted by Crippen LogP contribution is -2.29. The zero-order valence-electron chi connectivity index (χ0n) is 21.1. The molecule has 1 fully saturated rings. The molecule has 0 saturated carbocycles. The predicted octanol–water partition coefficient (Wildman–Crippen LogP) is 4.60. The van der Waals surface area contributed by atoms with E-state index in [2.05, 4.69) is 0 Å². The van der Waals surface area contributed by atoms with Crippen LogP contribution in [-0.2, 0) is 14.3 Å². The highest BCUT2D eigenvalue weighted by atomic mass is 16.5. The maximum absolute atomic E-state index is 13.4. The number of ether oxygens (including phenoxy) is 3. The second-order valence-corrected chi connectivity index (χ2v) is 8.51. The van der Waals surface area contributed by atoms with Crippen LogP contribution in [0.5, 0.6) is 17.2 Å². The van der Waals surface area contributed by atoms with Crippen LogP contribution in [0.25, 0.3) is 5.76 Å². The number of benzene rings is 3. The van der Waals surface area contributed by atoms with Gasteiger partial charge in [0.05, 0.1) is 43.6 Å². The zero-order valence-corrected chi connectivity index (χ0v) is 21.1. The maximum atomic E-state index is 13.4. The molecule has 2 N–H and O–H groups in total. The van der Waals surface area contributed by atoms with Gasteiger partial charge in [0.2, 0.25) is 0 Å². The van der Waals surface area contributed by atoms with Gasteiger partial charge in [0, 0.05) is 5.69 Å². The fourth-order valence-electron chi connectivity index (χ4n) is 4.25. The van der Waals surface area contributed by atoms with Crippen LogP contribution in [0.4, 0.5) is 5.69 Å². The van der Waals surface area contributed by atoms with Crippen molar-refractivity contribution >= 4 is 29.1 Å². The highest BCUT2D eigenvalue weighted by molar-refractivity contribution is 6.51. The lowest BCUT2D eigenvalue weighted by Gasteiger charge is -2.25. The Balaban J connectivity index is 1.87. The number of carbonyl (C=O) groups is 3. The molecule has 4 rings (SSSR count). The van der Waals surface area contributed by atoms with Crippen molar-refractivity contribution in [2.45, 2.75) is 19.4 Å². The Hall–Kier alpha value is -4.79. The van der Waals surface area contributed by atoms with Gasteiger partial charge >= 0.3 is 5.97 Å². The number of anilines is 1. The molecule has 1 atom stereocenters. The first-order chi connectivity index (χ1) is 18.3. The molecular formula is C29H27NO8. The van der Waals surface area contributed by atoms with E-state index in [9.17, 15) is 24.6 Å². The number of esters is 1. The van der Waals surface area contributed by atoms with E-state index < -0.39 is 29.5 Å². The molecule has 38 heavy (non-hydrogen) atoms. The number of nitrogens with zero attached hydrogens (tertiary/aromatic N) is 1. The van der Waals surface area contributed by atoms with Gasteiger partial charge in [-0.15, -0.1) is 0 Å². The van der Waals surface area contributed by atoms with Gasteiger partial charge in [-0.05, 0) is 66.6 Å². The Bertz CT molecular complexity index is 1390. The molecule has 0 aliphatic carbocycles. The molecule has 0 spiro atoms. The van der Waals surface area contributed by atoms with Crippen molar-refractivity contribution in [2.75, 3.05) is 25.7 Å². The summed E-state index contributed by atoms with van der Waals surface area (Å²) in [6.07, 6.45) is 0.680. The molecule has 196 valence electrons. The molecule has 3 aromatic carbocycles. The van der Waals surface area contributed by atoms with Crippen LogP contribution in [0.1, 0.15) is 40.9 Å². The molecular weight excluding hydrogens is 490 g/mol. The molecule has 1 amide bonds. The van der Waals surface area contributed by atoms with Gasteiger partial charge in [0.25, 0.3) is 11.7 Å². The summed E-state index contributed by atoms with van der Waals surface area (Å²) in [5.74, 6) is -2.04. The second kappa shape index (κ2) is 11.1. The number of carbonyl (C=O) groups excluding carboxylic acids is 3. The minimum Gasteiger partial charge on any atom is -0.508 e. The van der Waals surface area contributed by atoms with Crippen molar-refractivity contribution in [1.29, 1.82) is 0 Å². The first kappa shape index (κ1) is 26.3. The fourth-order valence-corrected chi connectivity index (χ4v) is 4.25. The van der Waals surface area contributed by atoms with Crippen LogP contribution >= 0.6 is 0 Å². The number of phenols is 1. The largest absolute Gasteiger partial charge is 0.508 e. The summed E-state index contributed by atoms with van der Waals surface area (Å²) >= 11 is 0. The Kier molecular flexibility index (Phi) is 7.66. The van der Waals surface area contributed by atoms with Crippen molar-refractivity contribution in [2.24, 2.45) is 0 Å². The summed E-state index contributed by atoms with van der Waals surface area (Å²) < 4.78 is 15.8. The number of aliphatic hydroxyl groups is 1. The molecule has 0 aromatic heterocycles. The summed E-state index contributed by atoms with van der Waals surface area (Å²) in [6.45, 7) is 2.17. The summed E-state index contributed by atoms with van der Waals surface area (Å²) in [6, 6.07) is 15.7. The number of hydrogen-bond donors (Lipinski definition) is 2. The van der Waals surface area contributed by atoms with Gasteiger partial charge in [0.1, 0.15) is 23.0 Å². The first-order valence-electron chi connectivity index (χ1n) is 11.9. The minimum absolute atomic E-state index is 0.00453. The predicted molar refractivity (Wildman–Crippen MR) is 139 cm³/mol. The quantitative estimate of drug-likeness (QED) is 0.192. The van der Waals surface area contributed by atoms with Gasteiger partial charge in [0.15, 0.2) is 0 Å². The number of rotatable bonds is 8. The first-order valence-corrected chi connectivity index (χ1v) is 11.9. The van der Waals surface area contributed by atoms with E-state index in [4.69, 9.17) is 14.2 Å². The number of ketones is 1. The summed E-state index contributed by atoms with van der Waals surface area (Å²) in [5, 5.41) is 21.3. The number of phenolic OH excluding ortho intramolecular Hbond substituents is 1. The molecule has 3 aromatic rings. The molecule has 1 saturated heterocycles. The number of amides is 1. The zero-order chi connectivity index (χ0) is 27.4. The monoisotopic (exact) mass is 517 g/mol. The van der Waals surface area contributed by atoms with Crippen LogP contribution < -0.4 is 14.4 Å². The molecule has 9 nitrogen and oxygen atoms in total. The fraction of sp³-hybridized carbons (Fsp3) is 0.207. The average molecular weight is 518 g/mol. The van der Waals surface area contributed by atoms with E-state index in [1.807, 2.05) is 6.92 Å². The second-order valence-electron chi connectivity index (χ2n) is 8.51. The lowest BCUT2D eigenvalue weighted by molar-refractivity contribution is -0.132. The highest BCUT2D eigenvalue weighted by Crippen LogP contribution is 2.44. The van der Waals surface area contributed by atoms with Crippen molar-refractivity contribution < 1.29 is 38.8 Å². The smallest absolute Gasteiger partial charge is 0.338 e. The van der Waals surface area contributed by atoms with Crippen molar-refractivity contribution in [3.63, 3.8) is 0 Å². The SMILES string of the molecule is CCCOC(=O)c1ccc(N2C(=O)C(=O)/C(=C(/O)c3cc(OC)ccc3OC)C2c2ccc(O)cc2)cc1. The van der Waals surface area contributed by atoms with E-state index in [-0.39, 0.29) is 29.2 Å². The van der Waals surface area contributed by atoms with Crippen LogP contribution in [-0.4, -0.2) is 48.7 Å². The molecule has 0 bridgehead atoms. The average Bonchev–Trinajstić information content (AvgIpc) is 3.21. The number of Topliss-reactive ketones (excluding diaryl/α,β-unsaturated/α-hetero) is 1. The van der Waals surface area contributed by atoms with E-state index in [1.165, 1.54) is 61.6 Å². The normalized spacial score (nSPS) is 16.4. The van der Waals surface area contributed by atoms with Crippen LogP contribution in [0.2, 0.25) is 0 Å². The molecule has 1 unspecified atom stereocenters. The Morgan fingerprint density at radius 2 is 1.63 bits per heavy atom. The van der Waals surface area contributed by atoms with Gasteiger partial charge < -0.3 is 24.4 Å². The van der Waals surface area contributed by atoms with E-state index >= 15 is 0 Å². The Morgan fingerprint density at radius 1 is 0.947 bits per heavy atom. The summed E-state index contributed by atoms with van der Waals surface area (Å²) in [7, 11) is 2.88. The number of aromatic hydroxyl groups is 1. The number of aliphatic hydroxyl groups excluding tert-OH is 1. The molecule has 1 aliphatic rings. The molecule has 9 heteroatoms. The summed E-state index contributed by atoms with van der Waals surface area (Å²) in [5.41, 5.74) is 1.09. The minimum atomic E-state index is -1.04. The van der Waals surface area contributed by atoms with Gasteiger partial charge in [-0.25, -0.2) is 4.79 Å². The molecule has 1 heterocycles. The van der Waals surface area contributed by atoms with Crippen molar-refractivity contribution in [1.82, 2.24) is 0 Å².